The van der Waals surface area contributed by atoms with Gasteiger partial charge in [-0.15, -0.1) is 0 Å². The molecule has 0 rings (SSSR count). The first-order valence-corrected chi connectivity index (χ1v) is 5.95. The lowest BCUT2D eigenvalue weighted by Gasteiger charge is -2.20. The molecule has 2 atom stereocenters. The minimum Gasteiger partial charge on any atom is -0.463 e. The van der Waals surface area contributed by atoms with Crippen molar-refractivity contribution in [3.05, 3.63) is 0 Å². The van der Waals surface area contributed by atoms with Gasteiger partial charge in [-0.25, -0.2) is 0 Å². The second kappa shape index (κ2) is 8.72. The fourth-order valence-electron chi connectivity index (χ4n) is 1.36. The van der Waals surface area contributed by atoms with Crippen molar-refractivity contribution in [1.29, 1.82) is 0 Å². The molecule has 0 aliphatic heterocycles. The van der Waals surface area contributed by atoms with E-state index in [1.807, 2.05) is 6.92 Å². The molecule has 0 aromatic rings. The number of esters is 1. The van der Waals surface area contributed by atoms with Crippen LogP contribution in [0.5, 0.6) is 0 Å². The first kappa shape index (κ1) is 14.4. The SMILES string of the molecule is CCCOC(CC)CC(C)OC(=O)CC. The fraction of sp³-hybridized carbons (Fsp3) is 0.917. The number of carbonyl (C=O) groups is 1. The standard InChI is InChI=1S/C12H24O3/c1-5-8-14-11(6-2)9-10(4)15-12(13)7-3/h10-11H,5-9H2,1-4H3. The van der Waals surface area contributed by atoms with Crippen LogP contribution in [0.1, 0.15) is 53.4 Å². The van der Waals surface area contributed by atoms with Crippen LogP contribution >= 0.6 is 0 Å². The van der Waals surface area contributed by atoms with Crippen LogP contribution in [0.4, 0.5) is 0 Å². The van der Waals surface area contributed by atoms with Gasteiger partial charge in [0.1, 0.15) is 6.10 Å². The number of hydrogen-bond acceptors (Lipinski definition) is 3. The van der Waals surface area contributed by atoms with E-state index < -0.39 is 0 Å². The van der Waals surface area contributed by atoms with E-state index in [9.17, 15) is 4.79 Å². The molecule has 0 saturated heterocycles. The normalized spacial score (nSPS) is 14.7. The Morgan fingerprint density at radius 3 is 2.40 bits per heavy atom. The summed E-state index contributed by atoms with van der Waals surface area (Å²) in [5.41, 5.74) is 0. The Labute approximate surface area is 93.1 Å². The van der Waals surface area contributed by atoms with Crippen molar-refractivity contribution in [2.24, 2.45) is 0 Å². The molecular weight excluding hydrogens is 192 g/mol. The quantitative estimate of drug-likeness (QED) is 0.585. The molecule has 0 fully saturated rings. The van der Waals surface area contributed by atoms with Crippen molar-refractivity contribution in [3.8, 4) is 0 Å². The summed E-state index contributed by atoms with van der Waals surface area (Å²) in [6, 6.07) is 0. The number of hydrogen-bond donors (Lipinski definition) is 0. The lowest BCUT2D eigenvalue weighted by Crippen LogP contribution is -2.23. The summed E-state index contributed by atoms with van der Waals surface area (Å²) in [6.07, 6.45) is 3.40. The largest absolute Gasteiger partial charge is 0.463 e. The van der Waals surface area contributed by atoms with Crippen molar-refractivity contribution < 1.29 is 14.3 Å². The summed E-state index contributed by atoms with van der Waals surface area (Å²) in [5.74, 6) is -0.132. The Kier molecular flexibility index (Phi) is 8.38. The molecule has 0 saturated carbocycles. The molecule has 0 radical (unpaired) electrons. The molecule has 0 N–H and O–H groups in total. The molecule has 0 aromatic carbocycles. The predicted molar refractivity (Wildman–Crippen MR) is 60.8 cm³/mol. The van der Waals surface area contributed by atoms with Gasteiger partial charge < -0.3 is 9.47 Å². The zero-order valence-corrected chi connectivity index (χ0v) is 10.4. The minimum absolute atomic E-state index is 0.0424. The fourth-order valence-corrected chi connectivity index (χ4v) is 1.36. The van der Waals surface area contributed by atoms with E-state index in [0.29, 0.717) is 6.42 Å². The summed E-state index contributed by atoms with van der Waals surface area (Å²) in [6.45, 7) is 8.69. The Morgan fingerprint density at radius 2 is 1.93 bits per heavy atom. The molecule has 2 unspecified atom stereocenters. The van der Waals surface area contributed by atoms with Crippen LogP contribution in [0.15, 0.2) is 0 Å². The Hall–Kier alpha value is -0.570. The van der Waals surface area contributed by atoms with Gasteiger partial charge in [0.15, 0.2) is 0 Å². The Bertz CT molecular complexity index is 168. The third-order valence-corrected chi connectivity index (χ3v) is 2.23. The summed E-state index contributed by atoms with van der Waals surface area (Å²) in [7, 11) is 0. The van der Waals surface area contributed by atoms with E-state index in [1.54, 1.807) is 6.92 Å². The van der Waals surface area contributed by atoms with Gasteiger partial charge in [0, 0.05) is 19.4 Å². The molecule has 0 heterocycles. The van der Waals surface area contributed by atoms with E-state index in [-0.39, 0.29) is 18.2 Å². The molecule has 0 aliphatic rings. The third kappa shape index (κ3) is 7.37. The predicted octanol–water partition coefficient (Wildman–Crippen LogP) is 2.92. The number of carbonyl (C=O) groups excluding carboxylic acids is 1. The molecule has 0 bridgehead atoms. The highest BCUT2D eigenvalue weighted by molar-refractivity contribution is 5.69. The van der Waals surface area contributed by atoms with Gasteiger partial charge in [0.05, 0.1) is 6.10 Å². The van der Waals surface area contributed by atoms with Crippen LogP contribution in [0.2, 0.25) is 0 Å². The average Bonchev–Trinajstić information content (AvgIpc) is 2.23. The molecule has 90 valence electrons. The highest BCUT2D eigenvalue weighted by Crippen LogP contribution is 2.10. The van der Waals surface area contributed by atoms with Gasteiger partial charge in [0.25, 0.3) is 0 Å². The zero-order valence-electron chi connectivity index (χ0n) is 10.4. The average molecular weight is 216 g/mol. The minimum atomic E-state index is -0.132. The van der Waals surface area contributed by atoms with Crippen LogP contribution < -0.4 is 0 Å². The maximum Gasteiger partial charge on any atom is 0.305 e. The molecule has 3 heteroatoms. The first-order valence-electron chi connectivity index (χ1n) is 5.95. The van der Waals surface area contributed by atoms with Gasteiger partial charge in [0.2, 0.25) is 0 Å². The van der Waals surface area contributed by atoms with Crippen LogP contribution in [0.25, 0.3) is 0 Å². The lowest BCUT2D eigenvalue weighted by molar-refractivity contribution is -0.149. The zero-order chi connectivity index (χ0) is 11.7. The molecule has 0 spiro atoms. The van der Waals surface area contributed by atoms with Gasteiger partial charge in [-0.2, -0.15) is 0 Å². The van der Waals surface area contributed by atoms with E-state index in [0.717, 1.165) is 25.9 Å². The molecule has 15 heavy (non-hydrogen) atoms. The van der Waals surface area contributed by atoms with Crippen molar-refractivity contribution in [2.75, 3.05) is 6.61 Å². The highest BCUT2D eigenvalue weighted by Gasteiger charge is 2.14. The van der Waals surface area contributed by atoms with Gasteiger partial charge in [-0.1, -0.05) is 20.8 Å². The van der Waals surface area contributed by atoms with E-state index in [1.165, 1.54) is 0 Å². The molecule has 0 aromatic heterocycles. The molecule has 3 nitrogen and oxygen atoms in total. The van der Waals surface area contributed by atoms with E-state index in [4.69, 9.17) is 9.47 Å². The van der Waals surface area contributed by atoms with Crippen molar-refractivity contribution in [3.63, 3.8) is 0 Å². The lowest BCUT2D eigenvalue weighted by atomic mass is 10.1. The third-order valence-electron chi connectivity index (χ3n) is 2.23. The highest BCUT2D eigenvalue weighted by atomic mass is 16.5. The number of rotatable bonds is 8. The van der Waals surface area contributed by atoms with Crippen LogP contribution in [0.3, 0.4) is 0 Å². The second-order valence-corrected chi connectivity index (χ2v) is 3.79. The van der Waals surface area contributed by atoms with Crippen molar-refractivity contribution in [1.82, 2.24) is 0 Å². The maximum absolute atomic E-state index is 11.0. The summed E-state index contributed by atoms with van der Waals surface area (Å²) in [5, 5.41) is 0. The van der Waals surface area contributed by atoms with Crippen molar-refractivity contribution in [2.45, 2.75) is 65.6 Å². The van der Waals surface area contributed by atoms with Crippen LogP contribution in [-0.2, 0) is 14.3 Å². The van der Waals surface area contributed by atoms with Gasteiger partial charge in [-0.3, -0.25) is 4.79 Å². The molecular formula is C12H24O3. The maximum atomic E-state index is 11.0. The van der Waals surface area contributed by atoms with Crippen LogP contribution in [0, 0.1) is 0 Å². The van der Waals surface area contributed by atoms with Crippen molar-refractivity contribution >= 4 is 5.97 Å². The summed E-state index contributed by atoms with van der Waals surface area (Å²) < 4.78 is 10.8. The molecule has 0 amide bonds. The van der Waals surface area contributed by atoms with Gasteiger partial charge in [-0.05, 0) is 19.8 Å². The Morgan fingerprint density at radius 1 is 1.27 bits per heavy atom. The second-order valence-electron chi connectivity index (χ2n) is 3.79. The monoisotopic (exact) mass is 216 g/mol. The van der Waals surface area contributed by atoms with Gasteiger partial charge >= 0.3 is 5.97 Å². The van der Waals surface area contributed by atoms with E-state index in [2.05, 4.69) is 13.8 Å². The molecule has 0 aliphatic carbocycles. The summed E-state index contributed by atoms with van der Waals surface area (Å²) in [4.78, 5) is 11.0. The number of ether oxygens (including phenoxy) is 2. The van der Waals surface area contributed by atoms with E-state index >= 15 is 0 Å². The van der Waals surface area contributed by atoms with Crippen LogP contribution in [-0.4, -0.2) is 24.8 Å². The summed E-state index contributed by atoms with van der Waals surface area (Å²) >= 11 is 0. The smallest absolute Gasteiger partial charge is 0.305 e. The first-order chi connectivity index (χ1) is 7.13. The topological polar surface area (TPSA) is 35.5 Å². The Balaban J connectivity index is 3.79.